The first-order valence-corrected chi connectivity index (χ1v) is 12.7. The third-order valence-corrected chi connectivity index (χ3v) is 7.60. The number of nitrogens with zero attached hydrogens (tertiary/aromatic N) is 2. The molecule has 0 amide bonds. The third-order valence-electron chi connectivity index (χ3n) is 7.60. The molecule has 0 spiro atoms. The van der Waals surface area contributed by atoms with Crippen LogP contribution in [-0.4, -0.2) is 40.2 Å². The maximum Gasteiger partial charge on any atom is 0.0712 e. The van der Waals surface area contributed by atoms with Crippen molar-refractivity contribution < 1.29 is 5.11 Å². The molecule has 178 valence electrons. The van der Waals surface area contributed by atoms with Crippen LogP contribution < -0.4 is 0 Å². The molecule has 5 rings (SSSR count). The molecule has 1 saturated heterocycles. The van der Waals surface area contributed by atoms with Crippen LogP contribution in [0.1, 0.15) is 41.6 Å². The first kappa shape index (κ1) is 23.5. The molecule has 0 aliphatic carbocycles. The molecule has 4 aromatic rings. The van der Waals surface area contributed by atoms with Crippen LogP contribution in [0, 0.1) is 0 Å². The predicted molar refractivity (Wildman–Crippen MR) is 142 cm³/mol. The van der Waals surface area contributed by atoms with Gasteiger partial charge in [-0.2, -0.15) is 0 Å². The summed E-state index contributed by atoms with van der Waals surface area (Å²) in [6.45, 7) is 2.76. The Labute approximate surface area is 209 Å². The van der Waals surface area contributed by atoms with Crippen LogP contribution in [0.3, 0.4) is 0 Å². The van der Waals surface area contributed by atoms with Crippen LogP contribution in [0.5, 0.6) is 0 Å². The number of hydrogen-bond acceptors (Lipinski definition) is 3. The quantitative estimate of drug-likeness (QED) is 0.355. The van der Waals surface area contributed by atoms with Crippen molar-refractivity contribution >= 4 is 0 Å². The zero-order valence-electron chi connectivity index (χ0n) is 20.3. The number of rotatable bonds is 8. The lowest BCUT2D eigenvalue weighted by atomic mass is 9.69. The van der Waals surface area contributed by atoms with E-state index in [4.69, 9.17) is 4.98 Å². The summed E-state index contributed by atoms with van der Waals surface area (Å²) in [5.74, 6) is 0. The molecular weight excluding hydrogens is 428 g/mol. The van der Waals surface area contributed by atoms with Crippen molar-refractivity contribution in [2.75, 3.05) is 19.6 Å². The summed E-state index contributed by atoms with van der Waals surface area (Å²) in [5, 5.41) is 11.3. The molecule has 0 saturated carbocycles. The topological polar surface area (TPSA) is 36.4 Å². The van der Waals surface area contributed by atoms with Crippen LogP contribution in [0.15, 0.2) is 115 Å². The van der Waals surface area contributed by atoms with Gasteiger partial charge in [-0.15, -0.1) is 0 Å². The summed E-state index contributed by atoms with van der Waals surface area (Å²) in [5.41, 5.74) is 3.88. The Hall–Kier alpha value is -3.27. The normalized spacial score (nSPS) is 16.1. The molecule has 3 aromatic carbocycles. The Kier molecular flexibility index (Phi) is 7.08. The minimum Gasteiger partial charge on any atom is -0.389 e. The summed E-state index contributed by atoms with van der Waals surface area (Å²) in [6, 6.07) is 38.2. The van der Waals surface area contributed by atoms with E-state index in [0.29, 0.717) is 0 Å². The van der Waals surface area contributed by atoms with Gasteiger partial charge in [0.15, 0.2) is 0 Å². The largest absolute Gasteiger partial charge is 0.389 e. The van der Waals surface area contributed by atoms with Crippen LogP contribution in [0.25, 0.3) is 0 Å². The van der Waals surface area contributed by atoms with Crippen molar-refractivity contribution in [3.05, 3.63) is 138 Å². The van der Waals surface area contributed by atoms with Crippen molar-refractivity contribution in [1.82, 2.24) is 9.88 Å². The molecule has 1 N–H and O–H groups in total. The molecule has 0 bridgehead atoms. The van der Waals surface area contributed by atoms with Gasteiger partial charge in [-0.25, -0.2) is 0 Å². The summed E-state index contributed by atoms with van der Waals surface area (Å²) >= 11 is 0. The van der Waals surface area contributed by atoms with Gasteiger partial charge in [-0.05, 0) is 54.6 Å². The van der Waals surface area contributed by atoms with Crippen molar-refractivity contribution in [1.29, 1.82) is 0 Å². The van der Waals surface area contributed by atoms with Gasteiger partial charge in [0.05, 0.1) is 16.7 Å². The van der Waals surface area contributed by atoms with Gasteiger partial charge < -0.3 is 10.0 Å². The minimum absolute atomic E-state index is 0.332. The van der Waals surface area contributed by atoms with E-state index in [-0.39, 0.29) is 5.41 Å². The zero-order valence-corrected chi connectivity index (χ0v) is 20.3. The fraction of sp³-hybridized carbons (Fsp3) is 0.281. The lowest BCUT2D eigenvalue weighted by molar-refractivity contribution is -0.0213. The Bertz CT molecular complexity index is 1070. The van der Waals surface area contributed by atoms with E-state index in [1.165, 1.54) is 16.7 Å². The lowest BCUT2D eigenvalue weighted by Gasteiger charge is -2.41. The molecule has 3 nitrogen and oxygen atoms in total. The number of aromatic nitrogens is 1. The van der Waals surface area contributed by atoms with Gasteiger partial charge in [0.25, 0.3) is 0 Å². The van der Waals surface area contributed by atoms with E-state index in [2.05, 4.69) is 102 Å². The molecule has 35 heavy (non-hydrogen) atoms. The molecule has 1 aliphatic rings. The van der Waals surface area contributed by atoms with Crippen molar-refractivity contribution in [2.45, 2.75) is 36.7 Å². The predicted octanol–water partition coefficient (Wildman–Crippen LogP) is 5.88. The zero-order chi connectivity index (χ0) is 24.0. The van der Waals surface area contributed by atoms with E-state index >= 15 is 0 Å². The SMILES string of the molecule is OC1(Cc2ccccc2)CCN(CCC(c2ccccc2)(c2ccccc2)c2ccccn2)CC1. The molecule has 1 fully saturated rings. The van der Waals surface area contributed by atoms with E-state index in [1.54, 1.807) is 0 Å². The highest BCUT2D eigenvalue weighted by molar-refractivity contribution is 5.48. The van der Waals surface area contributed by atoms with Crippen LogP contribution in [0.2, 0.25) is 0 Å². The van der Waals surface area contributed by atoms with Crippen molar-refractivity contribution in [3.8, 4) is 0 Å². The standard InChI is InChI=1S/C32H34N2O/c35-31(26-27-12-4-1-5-13-27)19-23-34(24-20-31)25-21-32(28-14-6-2-7-15-28,29-16-8-3-9-17-29)30-18-10-11-22-33-30/h1-18,22,35H,19-21,23-26H2. The summed E-state index contributed by atoms with van der Waals surface area (Å²) in [7, 11) is 0. The molecule has 1 aromatic heterocycles. The van der Waals surface area contributed by atoms with Gasteiger partial charge in [-0.1, -0.05) is 97.1 Å². The van der Waals surface area contributed by atoms with Crippen LogP contribution >= 0.6 is 0 Å². The van der Waals surface area contributed by atoms with E-state index in [0.717, 1.165) is 51.0 Å². The average Bonchev–Trinajstić information content (AvgIpc) is 2.92. The summed E-state index contributed by atoms with van der Waals surface area (Å²) < 4.78 is 0. The van der Waals surface area contributed by atoms with Gasteiger partial charge in [0, 0.05) is 25.7 Å². The highest BCUT2D eigenvalue weighted by Gasteiger charge is 2.39. The third kappa shape index (κ3) is 5.22. The van der Waals surface area contributed by atoms with Gasteiger partial charge >= 0.3 is 0 Å². The van der Waals surface area contributed by atoms with Gasteiger partial charge in [-0.3, -0.25) is 4.98 Å². The lowest BCUT2D eigenvalue weighted by Crippen LogP contribution is -2.47. The number of hydrogen-bond donors (Lipinski definition) is 1. The fourth-order valence-corrected chi connectivity index (χ4v) is 5.61. The number of aliphatic hydroxyl groups is 1. The number of piperidine rings is 1. The number of likely N-dealkylation sites (tertiary alicyclic amines) is 1. The Morgan fingerprint density at radius 2 is 1.26 bits per heavy atom. The van der Waals surface area contributed by atoms with Crippen molar-refractivity contribution in [3.63, 3.8) is 0 Å². The molecule has 1 aliphatic heterocycles. The molecular formula is C32H34N2O. The summed E-state index contributed by atoms with van der Waals surface area (Å²) in [6.07, 6.45) is 5.16. The number of benzene rings is 3. The average molecular weight is 463 g/mol. The molecule has 0 radical (unpaired) electrons. The van der Waals surface area contributed by atoms with Gasteiger partial charge in [0.2, 0.25) is 0 Å². The fourth-order valence-electron chi connectivity index (χ4n) is 5.61. The molecule has 3 heteroatoms. The van der Waals surface area contributed by atoms with Crippen LogP contribution in [-0.2, 0) is 11.8 Å². The second-order valence-corrected chi connectivity index (χ2v) is 9.83. The number of pyridine rings is 1. The second-order valence-electron chi connectivity index (χ2n) is 9.83. The molecule has 2 heterocycles. The maximum atomic E-state index is 11.3. The van der Waals surface area contributed by atoms with Gasteiger partial charge in [0.1, 0.15) is 0 Å². The first-order chi connectivity index (χ1) is 17.2. The van der Waals surface area contributed by atoms with E-state index in [1.807, 2.05) is 18.3 Å². The molecule has 0 atom stereocenters. The Balaban J connectivity index is 1.39. The minimum atomic E-state index is -0.616. The van der Waals surface area contributed by atoms with Crippen LogP contribution in [0.4, 0.5) is 0 Å². The highest BCUT2D eigenvalue weighted by atomic mass is 16.3. The Morgan fingerprint density at radius 3 is 1.80 bits per heavy atom. The van der Waals surface area contributed by atoms with E-state index in [9.17, 15) is 5.11 Å². The maximum absolute atomic E-state index is 11.3. The summed E-state index contributed by atoms with van der Waals surface area (Å²) in [4.78, 5) is 7.40. The monoisotopic (exact) mass is 462 g/mol. The smallest absolute Gasteiger partial charge is 0.0712 e. The Morgan fingerprint density at radius 1 is 0.714 bits per heavy atom. The van der Waals surface area contributed by atoms with E-state index < -0.39 is 5.60 Å². The highest BCUT2D eigenvalue weighted by Crippen LogP contribution is 2.41. The van der Waals surface area contributed by atoms with Crippen molar-refractivity contribution in [2.24, 2.45) is 0 Å². The molecule has 0 unspecified atom stereocenters. The second kappa shape index (κ2) is 10.6. The first-order valence-electron chi connectivity index (χ1n) is 12.7.